The summed E-state index contributed by atoms with van der Waals surface area (Å²) in [5, 5.41) is 3.93. The number of aromatic nitrogens is 3. The van der Waals surface area contributed by atoms with Gasteiger partial charge in [-0.3, -0.25) is 16.0 Å². The molecule has 0 saturated carbocycles. The molecule has 1 rings (SSSR count). The lowest BCUT2D eigenvalue weighted by Gasteiger charge is -2.15. The summed E-state index contributed by atoms with van der Waals surface area (Å²) in [4.78, 5) is 4.06. The first-order valence-electron chi connectivity index (χ1n) is 5.28. The van der Waals surface area contributed by atoms with E-state index in [2.05, 4.69) is 15.5 Å². The van der Waals surface area contributed by atoms with Gasteiger partial charge in [0.25, 0.3) is 6.43 Å². The number of halogens is 2. The van der Waals surface area contributed by atoms with E-state index in [1.807, 2.05) is 0 Å². The molecule has 17 heavy (non-hydrogen) atoms. The second-order valence-electron chi connectivity index (χ2n) is 3.62. The van der Waals surface area contributed by atoms with Crippen molar-refractivity contribution in [2.24, 2.45) is 12.9 Å². The molecular weight excluding hydrogens is 232 g/mol. The monoisotopic (exact) mass is 249 g/mol. The van der Waals surface area contributed by atoms with Crippen molar-refractivity contribution in [3.05, 3.63) is 12.2 Å². The second-order valence-corrected chi connectivity index (χ2v) is 3.62. The maximum absolute atomic E-state index is 11.8. The zero-order valence-corrected chi connectivity index (χ0v) is 9.64. The van der Waals surface area contributed by atoms with Crippen LogP contribution in [-0.2, 0) is 18.2 Å². The van der Waals surface area contributed by atoms with Crippen LogP contribution in [0.3, 0.4) is 0 Å². The topological polar surface area (TPSA) is 78.0 Å². The fourth-order valence-electron chi connectivity index (χ4n) is 1.37. The summed E-state index contributed by atoms with van der Waals surface area (Å²) in [6, 6.07) is -0.0735. The van der Waals surface area contributed by atoms with Crippen LogP contribution in [-0.4, -0.2) is 40.4 Å². The van der Waals surface area contributed by atoms with Crippen molar-refractivity contribution in [3.63, 3.8) is 0 Å². The van der Waals surface area contributed by atoms with Crippen LogP contribution in [0.1, 0.15) is 12.2 Å². The van der Waals surface area contributed by atoms with Gasteiger partial charge in [-0.15, -0.1) is 0 Å². The minimum Gasteiger partial charge on any atom is -0.375 e. The second kappa shape index (κ2) is 7.25. The number of ether oxygens (including phenoxy) is 1. The number of hydrogen-bond donors (Lipinski definition) is 2. The van der Waals surface area contributed by atoms with Crippen LogP contribution in [0.4, 0.5) is 8.78 Å². The van der Waals surface area contributed by atoms with Crippen molar-refractivity contribution in [3.8, 4) is 0 Å². The normalized spacial score (nSPS) is 13.2. The predicted molar refractivity (Wildman–Crippen MR) is 57.3 cm³/mol. The van der Waals surface area contributed by atoms with E-state index in [1.165, 1.54) is 6.33 Å². The third-order valence-electron chi connectivity index (χ3n) is 2.32. The molecule has 0 bridgehead atoms. The average Bonchev–Trinajstić information content (AvgIpc) is 2.68. The first kappa shape index (κ1) is 13.9. The predicted octanol–water partition coefficient (Wildman–Crippen LogP) is -0.139. The largest absolute Gasteiger partial charge is 0.375 e. The van der Waals surface area contributed by atoms with E-state index in [1.54, 1.807) is 11.7 Å². The summed E-state index contributed by atoms with van der Waals surface area (Å²) in [5.74, 6) is 6.15. The summed E-state index contributed by atoms with van der Waals surface area (Å²) < 4.78 is 30.1. The van der Waals surface area contributed by atoms with Gasteiger partial charge in [-0.25, -0.2) is 13.8 Å². The van der Waals surface area contributed by atoms with Crippen LogP contribution in [0.25, 0.3) is 0 Å². The van der Waals surface area contributed by atoms with E-state index in [9.17, 15) is 8.78 Å². The Balaban J connectivity index is 2.27. The van der Waals surface area contributed by atoms with E-state index < -0.39 is 13.0 Å². The first-order valence-corrected chi connectivity index (χ1v) is 5.28. The number of rotatable bonds is 8. The smallest absolute Gasteiger partial charge is 0.261 e. The first-order chi connectivity index (χ1) is 8.13. The van der Waals surface area contributed by atoms with Gasteiger partial charge in [-0.05, 0) is 6.42 Å². The van der Waals surface area contributed by atoms with Gasteiger partial charge in [0.05, 0.1) is 0 Å². The molecule has 1 heterocycles. The molecule has 0 aliphatic carbocycles. The minimum atomic E-state index is -2.43. The highest BCUT2D eigenvalue weighted by Gasteiger charge is 2.12. The molecule has 3 N–H and O–H groups in total. The summed E-state index contributed by atoms with van der Waals surface area (Å²) in [5.41, 5.74) is 2.61. The van der Waals surface area contributed by atoms with E-state index in [4.69, 9.17) is 10.6 Å². The van der Waals surface area contributed by atoms with Gasteiger partial charge in [0.15, 0.2) is 0 Å². The summed E-state index contributed by atoms with van der Waals surface area (Å²) >= 11 is 0. The van der Waals surface area contributed by atoms with Crippen molar-refractivity contribution in [2.45, 2.75) is 25.3 Å². The molecule has 1 aromatic heterocycles. The number of nitrogens with zero attached hydrogens (tertiary/aromatic N) is 3. The van der Waals surface area contributed by atoms with Gasteiger partial charge in [0.1, 0.15) is 18.8 Å². The Morgan fingerprint density at radius 1 is 1.59 bits per heavy atom. The van der Waals surface area contributed by atoms with Crippen LogP contribution >= 0.6 is 0 Å². The molecule has 1 atom stereocenters. The lowest BCUT2D eigenvalue weighted by atomic mass is 10.1. The molecule has 0 saturated heterocycles. The standard InChI is InChI=1S/C9H17F2N5O/c1-16-9(13-6-14-16)4-7(15-12)2-3-17-5-8(10)11/h6-8,15H,2-5,12H2,1H3. The third kappa shape index (κ3) is 5.16. The molecule has 6 nitrogen and oxygen atoms in total. The highest BCUT2D eigenvalue weighted by molar-refractivity contribution is 4.88. The molecular formula is C9H17F2N5O. The van der Waals surface area contributed by atoms with Crippen molar-refractivity contribution in [1.82, 2.24) is 20.2 Å². The molecule has 0 fully saturated rings. The summed E-state index contributed by atoms with van der Waals surface area (Å²) in [6.07, 6.45) is 0.134. The van der Waals surface area contributed by atoms with E-state index in [0.717, 1.165) is 5.82 Å². The lowest BCUT2D eigenvalue weighted by Crippen LogP contribution is -2.38. The maximum atomic E-state index is 11.8. The fourth-order valence-corrected chi connectivity index (χ4v) is 1.37. The van der Waals surface area contributed by atoms with Crippen LogP contribution in [0, 0.1) is 0 Å². The molecule has 0 aliphatic heterocycles. The van der Waals surface area contributed by atoms with Crippen molar-refractivity contribution >= 4 is 0 Å². The van der Waals surface area contributed by atoms with Crippen molar-refractivity contribution < 1.29 is 13.5 Å². The number of nitrogens with one attached hydrogen (secondary N) is 1. The molecule has 0 aliphatic rings. The third-order valence-corrected chi connectivity index (χ3v) is 2.32. The zero-order chi connectivity index (χ0) is 12.7. The van der Waals surface area contributed by atoms with Gasteiger partial charge < -0.3 is 4.74 Å². The Kier molecular flexibility index (Phi) is 5.95. The molecule has 0 spiro atoms. The minimum absolute atomic E-state index is 0.0735. The maximum Gasteiger partial charge on any atom is 0.261 e. The zero-order valence-electron chi connectivity index (χ0n) is 9.64. The number of aryl methyl sites for hydroxylation is 1. The van der Waals surface area contributed by atoms with E-state index in [0.29, 0.717) is 12.8 Å². The SMILES string of the molecule is Cn1ncnc1CC(CCOCC(F)F)NN. The number of hydrogen-bond acceptors (Lipinski definition) is 5. The van der Waals surface area contributed by atoms with Gasteiger partial charge in [0, 0.05) is 26.1 Å². The van der Waals surface area contributed by atoms with Crippen LogP contribution in [0.2, 0.25) is 0 Å². The van der Waals surface area contributed by atoms with Crippen molar-refractivity contribution in [2.75, 3.05) is 13.2 Å². The van der Waals surface area contributed by atoms with Crippen LogP contribution in [0.5, 0.6) is 0 Å². The summed E-state index contributed by atoms with van der Waals surface area (Å²) in [7, 11) is 1.78. The highest BCUT2D eigenvalue weighted by Crippen LogP contribution is 2.02. The Bertz CT molecular complexity index is 320. The summed E-state index contributed by atoms with van der Waals surface area (Å²) in [6.45, 7) is -0.307. The van der Waals surface area contributed by atoms with E-state index in [-0.39, 0.29) is 12.6 Å². The average molecular weight is 249 g/mol. The molecule has 0 radical (unpaired) electrons. The Morgan fingerprint density at radius 3 is 2.88 bits per heavy atom. The molecule has 1 unspecified atom stereocenters. The van der Waals surface area contributed by atoms with Gasteiger partial charge >= 0.3 is 0 Å². The van der Waals surface area contributed by atoms with Crippen LogP contribution < -0.4 is 11.3 Å². The quantitative estimate of drug-likeness (QED) is 0.381. The molecule has 0 amide bonds. The molecule has 8 heteroatoms. The van der Waals surface area contributed by atoms with Gasteiger partial charge in [-0.2, -0.15) is 5.10 Å². The Labute approximate surface area is 98.1 Å². The fraction of sp³-hybridized carbons (Fsp3) is 0.778. The molecule has 98 valence electrons. The van der Waals surface area contributed by atoms with E-state index >= 15 is 0 Å². The Hall–Kier alpha value is -1.12. The van der Waals surface area contributed by atoms with Gasteiger partial charge in [0.2, 0.25) is 0 Å². The highest BCUT2D eigenvalue weighted by atomic mass is 19.3. The van der Waals surface area contributed by atoms with Crippen LogP contribution in [0.15, 0.2) is 6.33 Å². The molecule has 0 aromatic carbocycles. The number of alkyl halides is 2. The Morgan fingerprint density at radius 2 is 2.35 bits per heavy atom. The number of hydrazine groups is 1. The number of nitrogens with two attached hydrogens (primary N) is 1. The molecule has 1 aromatic rings. The lowest BCUT2D eigenvalue weighted by molar-refractivity contribution is 0.0143. The van der Waals surface area contributed by atoms with Crippen molar-refractivity contribution in [1.29, 1.82) is 0 Å². The van der Waals surface area contributed by atoms with Gasteiger partial charge in [-0.1, -0.05) is 0 Å².